The Morgan fingerprint density at radius 3 is 2.67 bits per heavy atom. The molecule has 0 radical (unpaired) electrons. The average Bonchev–Trinajstić information content (AvgIpc) is 3.02. The first-order chi connectivity index (χ1) is 11.7. The van der Waals surface area contributed by atoms with E-state index in [1.165, 1.54) is 0 Å². The summed E-state index contributed by atoms with van der Waals surface area (Å²) in [5.41, 5.74) is 4.32. The fourth-order valence-corrected chi connectivity index (χ4v) is 2.00. The van der Waals surface area contributed by atoms with Crippen LogP contribution >= 0.6 is 0 Å². The van der Waals surface area contributed by atoms with Crippen LogP contribution in [0.2, 0.25) is 0 Å². The number of nitrogens with zero attached hydrogens (tertiary/aromatic N) is 4. The molecule has 24 heavy (non-hydrogen) atoms. The number of nitrogens with one attached hydrogen (secondary N) is 2. The van der Waals surface area contributed by atoms with E-state index < -0.39 is 0 Å². The maximum Gasteiger partial charge on any atom is 0.278 e. The van der Waals surface area contributed by atoms with Crippen molar-refractivity contribution in [2.45, 2.75) is 6.92 Å². The lowest BCUT2D eigenvalue weighted by molar-refractivity contribution is -0.119. The van der Waals surface area contributed by atoms with Crippen LogP contribution in [0.15, 0.2) is 54.6 Å². The van der Waals surface area contributed by atoms with Crippen molar-refractivity contribution in [2.75, 3.05) is 17.3 Å². The second-order valence-corrected chi connectivity index (χ2v) is 4.99. The van der Waals surface area contributed by atoms with Gasteiger partial charge < -0.3 is 10.1 Å². The van der Waals surface area contributed by atoms with Crippen LogP contribution in [-0.2, 0) is 4.79 Å². The van der Waals surface area contributed by atoms with Crippen LogP contribution in [0.1, 0.15) is 5.56 Å². The van der Waals surface area contributed by atoms with Crippen LogP contribution < -0.4 is 15.5 Å². The minimum Gasteiger partial charge on any atom is -0.483 e. The molecule has 8 heteroatoms. The number of amides is 1. The highest BCUT2D eigenvalue weighted by Crippen LogP contribution is 2.16. The highest BCUT2D eigenvalue weighted by atomic mass is 16.5. The molecule has 2 N–H and O–H groups in total. The molecule has 3 rings (SSSR count). The van der Waals surface area contributed by atoms with Gasteiger partial charge in [-0.15, -0.1) is 4.79 Å². The topological polar surface area (TPSA) is 94.0 Å². The van der Waals surface area contributed by atoms with Gasteiger partial charge in [-0.05, 0) is 41.1 Å². The van der Waals surface area contributed by atoms with Gasteiger partial charge in [-0.2, -0.15) is 0 Å². The molecule has 0 saturated carbocycles. The Morgan fingerprint density at radius 1 is 1.12 bits per heavy atom. The number of tetrazole rings is 1. The Hall–Kier alpha value is -3.42. The fraction of sp³-hybridized carbons (Fsp3) is 0.125. The first kappa shape index (κ1) is 15.5. The Balaban J connectivity index is 1.59. The average molecular weight is 324 g/mol. The summed E-state index contributed by atoms with van der Waals surface area (Å²) in [6.45, 7) is 1.77. The first-order valence-corrected chi connectivity index (χ1v) is 7.31. The van der Waals surface area contributed by atoms with Crippen molar-refractivity contribution in [3.8, 4) is 5.75 Å². The van der Waals surface area contributed by atoms with E-state index in [4.69, 9.17) is 4.74 Å². The SMILES string of the molecule is Cc1ccccc1OCC(=O)Nn1nnnc1Nc1ccccc1. The van der Waals surface area contributed by atoms with E-state index in [1.807, 2.05) is 61.5 Å². The van der Waals surface area contributed by atoms with E-state index in [2.05, 4.69) is 26.3 Å². The molecule has 1 amide bonds. The van der Waals surface area contributed by atoms with Crippen LogP contribution in [0.25, 0.3) is 0 Å². The highest BCUT2D eigenvalue weighted by Gasteiger charge is 2.10. The number of benzene rings is 2. The van der Waals surface area contributed by atoms with Crippen molar-refractivity contribution in [1.29, 1.82) is 0 Å². The van der Waals surface area contributed by atoms with Gasteiger partial charge in [0.2, 0.25) is 0 Å². The summed E-state index contributed by atoms with van der Waals surface area (Å²) in [6.07, 6.45) is 0. The monoisotopic (exact) mass is 324 g/mol. The third kappa shape index (κ3) is 3.86. The molecule has 3 aromatic rings. The lowest BCUT2D eigenvalue weighted by Crippen LogP contribution is -2.29. The zero-order valence-electron chi connectivity index (χ0n) is 13.0. The molecule has 0 aliphatic heterocycles. The van der Waals surface area contributed by atoms with Crippen LogP contribution in [0.5, 0.6) is 5.75 Å². The number of carbonyl (C=O) groups excluding carboxylic acids is 1. The molecule has 0 spiro atoms. The first-order valence-electron chi connectivity index (χ1n) is 7.31. The maximum atomic E-state index is 12.0. The number of carbonyl (C=O) groups is 1. The third-order valence-electron chi connectivity index (χ3n) is 3.18. The van der Waals surface area contributed by atoms with Crippen molar-refractivity contribution in [1.82, 2.24) is 20.3 Å². The number of hydrogen-bond donors (Lipinski definition) is 2. The molecule has 2 aromatic carbocycles. The molecule has 0 saturated heterocycles. The summed E-state index contributed by atoms with van der Waals surface area (Å²) in [6, 6.07) is 16.9. The van der Waals surface area contributed by atoms with Gasteiger partial charge in [0, 0.05) is 5.69 Å². The van der Waals surface area contributed by atoms with E-state index in [-0.39, 0.29) is 12.5 Å². The lowest BCUT2D eigenvalue weighted by Gasteiger charge is -2.10. The van der Waals surface area contributed by atoms with Gasteiger partial charge in [0.25, 0.3) is 11.9 Å². The molecule has 0 unspecified atom stereocenters. The number of ether oxygens (including phenoxy) is 1. The number of anilines is 2. The summed E-state index contributed by atoms with van der Waals surface area (Å²) in [5, 5.41) is 14.1. The second-order valence-electron chi connectivity index (χ2n) is 4.99. The van der Waals surface area contributed by atoms with Crippen molar-refractivity contribution in [2.24, 2.45) is 0 Å². The smallest absolute Gasteiger partial charge is 0.278 e. The minimum atomic E-state index is -0.373. The highest BCUT2D eigenvalue weighted by molar-refractivity contribution is 5.85. The van der Waals surface area contributed by atoms with Crippen LogP contribution in [-0.4, -0.2) is 32.8 Å². The van der Waals surface area contributed by atoms with E-state index in [9.17, 15) is 4.79 Å². The largest absolute Gasteiger partial charge is 0.483 e. The Bertz CT molecular complexity index is 818. The molecular formula is C16H16N6O2. The molecular weight excluding hydrogens is 308 g/mol. The maximum absolute atomic E-state index is 12.0. The molecule has 0 fully saturated rings. The standard InChI is InChI=1S/C16H16N6O2/c1-12-7-5-6-10-14(12)24-11-15(23)19-22-16(18-20-21-22)17-13-8-3-2-4-9-13/h2-10H,11H2,1H3,(H,19,23)(H,17,18,21). The lowest BCUT2D eigenvalue weighted by atomic mass is 10.2. The summed E-state index contributed by atoms with van der Waals surface area (Å²) >= 11 is 0. The minimum absolute atomic E-state index is 0.143. The normalized spacial score (nSPS) is 10.2. The van der Waals surface area contributed by atoms with Gasteiger partial charge in [-0.3, -0.25) is 4.79 Å². The molecule has 0 aliphatic carbocycles. The van der Waals surface area contributed by atoms with Crippen molar-refractivity contribution in [3.63, 3.8) is 0 Å². The number of aryl methyl sites for hydroxylation is 1. The zero-order chi connectivity index (χ0) is 16.8. The molecule has 1 heterocycles. The molecule has 122 valence electrons. The van der Waals surface area contributed by atoms with Crippen LogP contribution in [0.4, 0.5) is 11.6 Å². The Labute approximate surface area is 138 Å². The number of para-hydroxylation sites is 2. The fourth-order valence-electron chi connectivity index (χ4n) is 2.00. The van der Waals surface area contributed by atoms with Crippen LogP contribution in [0, 0.1) is 6.92 Å². The Morgan fingerprint density at radius 2 is 1.88 bits per heavy atom. The van der Waals surface area contributed by atoms with Crippen LogP contribution in [0.3, 0.4) is 0 Å². The van der Waals surface area contributed by atoms with Crippen molar-refractivity contribution >= 4 is 17.5 Å². The second kappa shape index (κ2) is 7.23. The van der Waals surface area contributed by atoms with Gasteiger partial charge in [-0.25, -0.2) is 5.43 Å². The van der Waals surface area contributed by atoms with Gasteiger partial charge >= 0.3 is 0 Å². The van der Waals surface area contributed by atoms with Gasteiger partial charge in [-0.1, -0.05) is 41.5 Å². The van der Waals surface area contributed by atoms with Crippen molar-refractivity contribution in [3.05, 3.63) is 60.2 Å². The summed E-state index contributed by atoms with van der Waals surface area (Å²) in [7, 11) is 0. The van der Waals surface area contributed by atoms with E-state index >= 15 is 0 Å². The van der Waals surface area contributed by atoms with Gasteiger partial charge in [0.1, 0.15) is 5.75 Å². The summed E-state index contributed by atoms with van der Waals surface area (Å²) < 4.78 is 5.49. The third-order valence-corrected chi connectivity index (χ3v) is 3.18. The molecule has 0 aliphatic rings. The van der Waals surface area contributed by atoms with E-state index in [0.717, 1.165) is 16.0 Å². The molecule has 1 aromatic heterocycles. The van der Waals surface area contributed by atoms with Gasteiger partial charge in [0.05, 0.1) is 0 Å². The molecule has 0 atom stereocenters. The quantitative estimate of drug-likeness (QED) is 0.719. The zero-order valence-corrected chi connectivity index (χ0v) is 13.0. The summed E-state index contributed by atoms with van der Waals surface area (Å²) in [4.78, 5) is 13.2. The molecule has 0 bridgehead atoms. The van der Waals surface area contributed by atoms with E-state index in [0.29, 0.717) is 11.7 Å². The predicted octanol–water partition coefficient (Wildman–Crippen LogP) is 1.87. The van der Waals surface area contributed by atoms with E-state index in [1.54, 1.807) is 0 Å². The Kier molecular flexibility index (Phi) is 4.66. The number of rotatable bonds is 6. The van der Waals surface area contributed by atoms with Gasteiger partial charge in [0.15, 0.2) is 6.61 Å². The van der Waals surface area contributed by atoms with Crippen molar-refractivity contribution < 1.29 is 9.53 Å². The summed E-state index contributed by atoms with van der Waals surface area (Å²) in [5.74, 6) is 0.583. The molecule has 8 nitrogen and oxygen atoms in total. The predicted molar refractivity (Wildman–Crippen MR) is 88.6 cm³/mol. The number of hydrogen-bond acceptors (Lipinski definition) is 6. The number of aromatic nitrogens is 4.